The minimum Gasteiger partial charge on any atom is -0.357 e. The summed E-state index contributed by atoms with van der Waals surface area (Å²) in [6.45, 7) is 5.39. The Morgan fingerprint density at radius 3 is 2.17 bits per heavy atom. The molecule has 9 heteroatoms. The van der Waals surface area contributed by atoms with E-state index in [1.165, 1.54) is 0 Å². The summed E-state index contributed by atoms with van der Waals surface area (Å²) in [6, 6.07) is 0. The first kappa shape index (κ1) is 17.4. The van der Waals surface area contributed by atoms with E-state index in [9.17, 15) is 19.2 Å². The third-order valence-electron chi connectivity index (χ3n) is 3.95. The molecule has 9 nitrogen and oxygen atoms in total. The second-order valence-corrected chi connectivity index (χ2v) is 5.55. The van der Waals surface area contributed by atoms with Gasteiger partial charge in [0.05, 0.1) is 6.42 Å². The summed E-state index contributed by atoms with van der Waals surface area (Å²) in [7, 11) is 0. The number of rotatable bonds is 8. The van der Waals surface area contributed by atoms with E-state index in [-0.39, 0.29) is 19.3 Å². The first-order valence-electron chi connectivity index (χ1n) is 7.78. The lowest BCUT2D eigenvalue weighted by Crippen LogP contribution is -2.48. The van der Waals surface area contributed by atoms with Crippen LogP contribution in [0.4, 0.5) is 0 Å². The Hall–Kier alpha value is -2.00. The number of amides is 3. The number of piperazine rings is 1. The summed E-state index contributed by atoms with van der Waals surface area (Å²) in [5.74, 6) is -1.48. The van der Waals surface area contributed by atoms with E-state index >= 15 is 0 Å². The van der Waals surface area contributed by atoms with Crippen molar-refractivity contribution in [2.45, 2.75) is 19.3 Å². The number of carbonyl (C=O) groups excluding carboxylic acids is 4. The first-order chi connectivity index (χ1) is 11.1. The predicted molar refractivity (Wildman–Crippen MR) is 78.7 cm³/mol. The Morgan fingerprint density at radius 1 is 1.04 bits per heavy atom. The van der Waals surface area contributed by atoms with Crippen LogP contribution >= 0.6 is 0 Å². The molecule has 2 saturated heterocycles. The van der Waals surface area contributed by atoms with Gasteiger partial charge in [0, 0.05) is 58.7 Å². The van der Waals surface area contributed by atoms with Crippen molar-refractivity contribution in [3.63, 3.8) is 0 Å². The highest BCUT2D eigenvalue weighted by molar-refractivity contribution is 6.01. The quantitative estimate of drug-likeness (QED) is 0.324. The van der Waals surface area contributed by atoms with Gasteiger partial charge >= 0.3 is 5.97 Å². The van der Waals surface area contributed by atoms with Crippen molar-refractivity contribution in [3.05, 3.63) is 0 Å². The van der Waals surface area contributed by atoms with Gasteiger partial charge in [-0.05, 0) is 0 Å². The molecule has 0 radical (unpaired) electrons. The summed E-state index contributed by atoms with van der Waals surface area (Å²) >= 11 is 0. The van der Waals surface area contributed by atoms with E-state index in [0.717, 1.165) is 32.7 Å². The molecule has 0 aromatic carbocycles. The maximum atomic E-state index is 11.7. The van der Waals surface area contributed by atoms with Crippen LogP contribution in [0.15, 0.2) is 0 Å². The fourth-order valence-electron chi connectivity index (χ4n) is 2.57. The molecule has 2 rings (SSSR count). The minimum absolute atomic E-state index is 0.104. The topological polar surface area (TPSA) is 99.3 Å². The number of nitrogens with zero attached hydrogens (tertiary/aromatic N) is 3. The van der Waals surface area contributed by atoms with Crippen LogP contribution in [0.25, 0.3) is 0 Å². The summed E-state index contributed by atoms with van der Waals surface area (Å²) in [6.07, 6.45) is 1.04. The molecular weight excluding hydrogens is 304 g/mol. The number of hydrogen-bond acceptors (Lipinski definition) is 7. The lowest BCUT2D eigenvalue weighted by Gasteiger charge is -2.34. The molecule has 23 heavy (non-hydrogen) atoms. The normalized spacial score (nSPS) is 19.9. The molecule has 0 atom stereocenters. The molecule has 128 valence electrons. The molecule has 3 amide bonds. The monoisotopic (exact) mass is 326 g/mol. The van der Waals surface area contributed by atoms with Crippen LogP contribution in [0, 0.1) is 0 Å². The van der Waals surface area contributed by atoms with E-state index in [0.29, 0.717) is 24.6 Å². The first-order valence-corrected chi connectivity index (χ1v) is 7.78. The summed E-state index contributed by atoms with van der Waals surface area (Å²) in [5, 5.41) is 3.22. The van der Waals surface area contributed by atoms with E-state index < -0.39 is 17.8 Å². The van der Waals surface area contributed by atoms with Crippen molar-refractivity contribution in [2.24, 2.45) is 0 Å². The van der Waals surface area contributed by atoms with Gasteiger partial charge in [-0.15, -0.1) is 5.06 Å². The standard InChI is InChI=1S/C14H22N4O5/c19-11-15-4-6-17-9-7-16(8-10-17)5-3-14(22)23-18-12(20)1-2-13(18)21/h11H,1-10H2,(H,15,19). The molecular formula is C14H22N4O5. The van der Waals surface area contributed by atoms with E-state index in [1.807, 2.05) is 0 Å². The Bertz CT molecular complexity index is 446. The lowest BCUT2D eigenvalue weighted by molar-refractivity contribution is -0.197. The zero-order chi connectivity index (χ0) is 16.7. The fourth-order valence-corrected chi connectivity index (χ4v) is 2.57. The zero-order valence-corrected chi connectivity index (χ0v) is 13.0. The van der Waals surface area contributed by atoms with Crippen LogP contribution in [-0.2, 0) is 24.0 Å². The van der Waals surface area contributed by atoms with Gasteiger partial charge in [-0.2, -0.15) is 0 Å². The van der Waals surface area contributed by atoms with Gasteiger partial charge in [-0.3, -0.25) is 19.3 Å². The molecule has 0 saturated carbocycles. The lowest BCUT2D eigenvalue weighted by atomic mass is 10.3. The largest absolute Gasteiger partial charge is 0.357 e. The molecule has 0 spiro atoms. The molecule has 2 aliphatic heterocycles. The summed E-state index contributed by atoms with van der Waals surface area (Å²) < 4.78 is 0. The maximum Gasteiger partial charge on any atom is 0.334 e. The number of hydrogen-bond donors (Lipinski definition) is 1. The van der Waals surface area contributed by atoms with Crippen LogP contribution < -0.4 is 5.32 Å². The molecule has 2 aliphatic rings. The van der Waals surface area contributed by atoms with Gasteiger partial charge in [0.2, 0.25) is 6.41 Å². The van der Waals surface area contributed by atoms with Crippen LogP contribution in [0.1, 0.15) is 19.3 Å². The molecule has 2 heterocycles. The number of carbonyl (C=O) groups is 4. The summed E-state index contributed by atoms with van der Waals surface area (Å²) in [5.41, 5.74) is 0. The SMILES string of the molecule is O=CNCCN1CCN(CCC(=O)ON2C(=O)CCC2=O)CC1. The van der Waals surface area contributed by atoms with Crippen LogP contribution in [0.3, 0.4) is 0 Å². The van der Waals surface area contributed by atoms with Crippen LogP contribution in [0.5, 0.6) is 0 Å². The third-order valence-corrected chi connectivity index (χ3v) is 3.95. The second kappa shape index (κ2) is 8.59. The molecule has 0 aliphatic carbocycles. The number of hydroxylamine groups is 2. The summed E-state index contributed by atoms with van der Waals surface area (Å²) in [4.78, 5) is 53.8. The van der Waals surface area contributed by atoms with Gasteiger partial charge in [0.15, 0.2) is 0 Å². The highest BCUT2D eigenvalue weighted by Gasteiger charge is 2.32. The Morgan fingerprint density at radius 2 is 1.61 bits per heavy atom. The van der Waals surface area contributed by atoms with Crippen molar-refractivity contribution < 1.29 is 24.0 Å². The smallest absolute Gasteiger partial charge is 0.334 e. The van der Waals surface area contributed by atoms with Crippen molar-refractivity contribution in [1.29, 1.82) is 0 Å². The van der Waals surface area contributed by atoms with Gasteiger partial charge in [-0.25, -0.2) is 4.79 Å². The van der Waals surface area contributed by atoms with Gasteiger partial charge < -0.3 is 15.1 Å². The zero-order valence-electron chi connectivity index (χ0n) is 13.0. The maximum absolute atomic E-state index is 11.7. The average molecular weight is 326 g/mol. The second-order valence-electron chi connectivity index (χ2n) is 5.55. The Labute approximate surface area is 134 Å². The number of nitrogens with one attached hydrogen (secondary N) is 1. The third kappa shape index (κ3) is 5.29. The molecule has 1 N–H and O–H groups in total. The van der Waals surface area contributed by atoms with Crippen LogP contribution in [-0.4, -0.2) is 84.9 Å². The predicted octanol–water partition coefficient (Wildman–Crippen LogP) is -1.65. The molecule has 0 aromatic heterocycles. The van der Waals surface area contributed by atoms with Crippen LogP contribution in [0.2, 0.25) is 0 Å². The van der Waals surface area contributed by atoms with Gasteiger partial charge in [-0.1, -0.05) is 0 Å². The van der Waals surface area contributed by atoms with Crippen molar-refractivity contribution >= 4 is 24.2 Å². The molecule has 2 fully saturated rings. The Kier molecular flexibility index (Phi) is 6.48. The fraction of sp³-hybridized carbons (Fsp3) is 0.714. The Balaban J connectivity index is 1.61. The molecule has 0 bridgehead atoms. The minimum atomic E-state index is -0.564. The molecule has 0 unspecified atom stereocenters. The van der Waals surface area contributed by atoms with Gasteiger partial charge in [0.25, 0.3) is 11.8 Å². The highest BCUT2D eigenvalue weighted by atomic mass is 16.7. The van der Waals surface area contributed by atoms with E-state index in [1.54, 1.807) is 0 Å². The molecule has 0 aromatic rings. The van der Waals surface area contributed by atoms with E-state index in [2.05, 4.69) is 15.1 Å². The number of imide groups is 1. The van der Waals surface area contributed by atoms with E-state index in [4.69, 9.17) is 4.84 Å². The van der Waals surface area contributed by atoms with Crippen molar-refractivity contribution in [2.75, 3.05) is 45.8 Å². The van der Waals surface area contributed by atoms with Crippen molar-refractivity contribution in [3.8, 4) is 0 Å². The average Bonchev–Trinajstić information content (AvgIpc) is 2.86. The van der Waals surface area contributed by atoms with Crippen molar-refractivity contribution in [1.82, 2.24) is 20.2 Å². The highest BCUT2D eigenvalue weighted by Crippen LogP contribution is 2.12. The van der Waals surface area contributed by atoms with Gasteiger partial charge in [0.1, 0.15) is 0 Å².